The van der Waals surface area contributed by atoms with Crippen molar-refractivity contribution in [1.29, 1.82) is 0 Å². The van der Waals surface area contributed by atoms with E-state index in [0.717, 1.165) is 11.1 Å². The first-order valence-corrected chi connectivity index (χ1v) is 12.3. The molecule has 0 unspecified atom stereocenters. The first kappa shape index (κ1) is 30.7. The van der Waals surface area contributed by atoms with E-state index in [1.54, 1.807) is 36.4 Å². The van der Waals surface area contributed by atoms with Gasteiger partial charge < -0.3 is 20.1 Å². The summed E-state index contributed by atoms with van der Waals surface area (Å²) in [4.78, 5) is 41.0. The zero-order valence-electron chi connectivity index (χ0n) is 21.4. The number of benzene rings is 3. The van der Waals surface area contributed by atoms with Crippen molar-refractivity contribution in [2.75, 3.05) is 12.4 Å². The number of hydrogen-bond donors (Lipinski definition) is 4. The summed E-state index contributed by atoms with van der Waals surface area (Å²) in [6, 6.07) is 25.5. The largest absolute Gasteiger partial charge is 0.490 e. The lowest BCUT2D eigenvalue weighted by Crippen LogP contribution is -2.30. The molecule has 0 saturated heterocycles. The molecular formula is C28H24ClF3N4O5. The van der Waals surface area contributed by atoms with E-state index < -0.39 is 24.3 Å². The van der Waals surface area contributed by atoms with Crippen LogP contribution in [0.3, 0.4) is 0 Å². The molecule has 0 spiro atoms. The van der Waals surface area contributed by atoms with Gasteiger partial charge in [-0.05, 0) is 36.2 Å². The number of carboxylic acids is 1. The lowest BCUT2D eigenvalue weighted by molar-refractivity contribution is -0.192. The van der Waals surface area contributed by atoms with Gasteiger partial charge in [-0.15, -0.1) is 0 Å². The standard InChI is InChI=1S/C26H23ClN4O3.C2HF3O2/c1-34-26(33)28-20-14-12-18(13-15-20)22-23(27)31-24(30-22)21(16-17-8-4-2-5-9-17)29-25(32)19-10-6-3-7-11-19;3-2(4,5)1(6)7/h2-15,21H,16H2,1H3,(H,28,33)(H,29,32)(H,30,31);(H,6,7)/t21-;/m0./s1. The molecule has 4 aromatic rings. The number of aromatic amines is 1. The number of amides is 2. The number of hydrogen-bond acceptors (Lipinski definition) is 5. The number of anilines is 1. The Morgan fingerprint density at radius 2 is 1.54 bits per heavy atom. The highest BCUT2D eigenvalue weighted by Crippen LogP contribution is 2.29. The number of aromatic nitrogens is 2. The topological polar surface area (TPSA) is 133 Å². The Morgan fingerprint density at radius 3 is 2.07 bits per heavy atom. The number of ether oxygens (including phenoxy) is 1. The second kappa shape index (κ2) is 14.0. The molecular weight excluding hydrogens is 565 g/mol. The minimum absolute atomic E-state index is 0.200. The number of imidazole rings is 1. The van der Waals surface area contributed by atoms with Crippen LogP contribution >= 0.6 is 11.6 Å². The number of nitrogens with one attached hydrogen (secondary N) is 3. The van der Waals surface area contributed by atoms with Crippen LogP contribution in [0, 0.1) is 0 Å². The van der Waals surface area contributed by atoms with E-state index in [1.807, 2.05) is 48.5 Å². The van der Waals surface area contributed by atoms with Crippen molar-refractivity contribution in [2.45, 2.75) is 18.6 Å². The summed E-state index contributed by atoms with van der Waals surface area (Å²) >= 11 is 6.51. The predicted octanol–water partition coefficient (Wildman–Crippen LogP) is 6.26. The number of nitrogens with zero attached hydrogens (tertiary/aromatic N) is 1. The SMILES string of the molecule is COC(=O)Nc1ccc(-c2nc([C@H](Cc3ccccc3)NC(=O)c3ccccc3)[nH]c2Cl)cc1.O=C(O)C(F)(F)F. The number of carbonyl (C=O) groups excluding carboxylic acids is 2. The maximum absolute atomic E-state index is 12.9. The Hall–Kier alpha value is -4.84. The lowest BCUT2D eigenvalue weighted by Gasteiger charge is -2.17. The average Bonchev–Trinajstić information content (AvgIpc) is 3.35. The van der Waals surface area contributed by atoms with E-state index in [2.05, 4.69) is 20.4 Å². The Balaban J connectivity index is 0.000000587. The fourth-order valence-electron chi connectivity index (χ4n) is 3.50. The summed E-state index contributed by atoms with van der Waals surface area (Å²) in [5, 5.41) is 13.2. The third-order valence-electron chi connectivity index (χ3n) is 5.46. The monoisotopic (exact) mass is 588 g/mol. The van der Waals surface area contributed by atoms with Crippen LogP contribution in [-0.2, 0) is 16.0 Å². The van der Waals surface area contributed by atoms with E-state index in [4.69, 9.17) is 26.5 Å². The molecule has 1 atom stereocenters. The van der Waals surface area contributed by atoms with Crippen molar-refractivity contribution in [3.8, 4) is 11.3 Å². The van der Waals surface area contributed by atoms with Crippen LogP contribution in [0.4, 0.5) is 23.7 Å². The van der Waals surface area contributed by atoms with Gasteiger partial charge in [0.25, 0.3) is 5.91 Å². The summed E-state index contributed by atoms with van der Waals surface area (Å²) in [7, 11) is 1.30. The Morgan fingerprint density at radius 1 is 0.976 bits per heavy atom. The molecule has 0 saturated carbocycles. The number of rotatable bonds is 7. The van der Waals surface area contributed by atoms with Crippen molar-refractivity contribution < 1.29 is 37.4 Å². The Kier molecular flexibility index (Phi) is 10.5. The third kappa shape index (κ3) is 9.11. The smallest absolute Gasteiger partial charge is 0.475 e. The van der Waals surface area contributed by atoms with Gasteiger partial charge >= 0.3 is 18.2 Å². The molecule has 2 amide bonds. The van der Waals surface area contributed by atoms with Gasteiger partial charge in [-0.2, -0.15) is 13.2 Å². The molecule has 214 valence electrons. The summed E-state index contributed by atoms with van der Waals surface area (Å²) in [6.45, 7) is 0. The van der Waals surface area contributed by atoms with Gasteiger partial charge in [0.2, 0.25) is 0 Å². The quantitative estimate of drug-likeness (QED) is 0.201. The molecule has 4 rings (SSSR count). The third-order valence-corrected chi connectivity index (χ3v) is 5.74. The van der Waals surface area contributed by atoms with Crippen LogP contribution in [0.1, 0.15) is 27.8 Å². The Labute approximate surface area is 237 Å². The van der Waals surface area contributed by atoms with E-state index in [9.17, 15) is 22.8 Å². The molecule has 0 radical (unpaired) electrons. The molecule has 0 aliphatic rings. The highest BCUT2D eigenvalue weighted by Gasteiger charge is 2.38. The first-order chi connectivity index (χ1) is 19.5. The van der Waals surface area contributed by atoms with E-state index in [0.29, 0.717) is 34.3 Å². The Bertz CT molecular complexity index is 1460. The van der Waals surface area contributed by atoms with Gasteiger partial charge in [0, 0.05) is 16.8 Å². The second-order valence-electron chi connectivity index (χ2n) is 8.36. The van der Waals surface area contributed by atoms with Crippen LogP contribution in [0.2, 0.25) is 5.15 Å². The molecule has 0 aliphatic heterocycles. The van der Waals surface area contributed by atoms with Crippen molar-refractivity contribution in [3.63, 3.8) is 0 Å². The van der Waals surface area contributed by atoms with E-state index in [1.165, 1.54) is 7.11 Å². The van der Waals surface area contributed by atoms with Crippen molar-refractivity contribution >= 4 is 35.3 Å². The number of H-pyrrole nitrogens is 1. The molecule has 0 bridgehead atoms. The summed E-state index contributed by atoms with van der Waals surface area (Å²) < 4.78 is 36.3. The lowest BCUT2D eigenvalue weighted by atomic mass is 10.0. The molecule has 41 heavy (non-hydrogen) atoms. The summed E-state index contributed by atoms with van der Waals surface area (Å²) in [6.07, 6.45) is -5.10. The maximum atomic E-state index is 12.9. The molecule has 3 aromatic carbocycles. The number of alkyl halides is 3. The van der Waals surface area contributed by atoms with E-state index >= 15 is 0 Å². The minimum Gasteiger partial charge on any atom is -0.475 e. The zero-order valence-corrected chi connectivity index (χ0v) is 22.2. The molecule has 0 fully saturated rings. The number of halogens is 4. The average molecular weight is 589 g/mol. The number of methoxy groups -OCH3 is 1. The van der Waals surface area contributed by atoms with Crippen LogP contribution in [0.15, 0.2) is 84.9 Å². The van der Waals surface area contributed by atoms with Crippen LogP contribution in [-0.4, -0.2) is 46.3 Å². The van der Waals surface area contributed by atoms with Crippen molar-refractivity contribution in [3.05, 3.63) is 107 Å². The van der Waals surface area contributed by atoms with Gasteiger partial charge in [-0.25, -0.2) is 14.6 Å². The van der Waals surface area contributed by atoms with Gasteiger partial charge in [0.05, 0.1) is 13.2 Å². The highest BCUT2D eigenvalue weighted by atomic mass is 35.5. The molecule has 4 N–H and O–H groups in total. The number of aliphatic carboxylic acids is 1. The summed E-state index contributed by atoms with van der Waals surface area (Å²) in [5.41, 5.74) is 3.50. The van der Waals surface area contributed by atoms with Crippen LogP contribution in [0.5, 0.6) is 0 Å². The number of carboxylic acid groups (broad SMARTS) is 1. The number of carbonyl (C=O) groups is 3. The van der Waals surface area contributed by atoms with Crippen molar-refractivity contribution in [1.82, 2.24) is 15.3 Å². The minimum atomic E-state index is -5.08. The maximum Gasteiger partial charge on any atom is 0.490 e. The van der Waals surface area contributed by atoms with Gasteiger partial charge in [-0.3, -0.25) is 10.1 Å². The van der Waals surface area contributed by atoms with Gasteiger partial charge in [0.15, 0.2) is 0 Å². The van der Waals surface area contributed by atoms with E-state index in [-0.39, 0.29) is 5.91 Å². The highest BCUT2D eigenvalue weighted by molar-refractivity contribution is 6.31. The molecule has 1 aromatic heterocycles. The molecule has 0 aliphatic carbocycles. The van der Waals surface area contributed by atoms with Crippen molar-refractivity contribution in [2.24, 2.45) is 0 Å². The van der Waals surface area contributed by atoms with Gasteiger partial charge in [0.1, 0.15) is 16.7 Å². The predicted molar refractivity (Wildman–Crippen MR) is 146 cm³/mol. The molecule has 1 heterocycles. The summed E-state index contributed by atoms with van der Waals surface area (Å²) in [5.74, 6) is -2.41. The second-order valence-corrected chi connectivity index (χ2v) is 8.74. The molecule has 9 nitrogen and oxygen atoms in total. The first-order valence-electron chi connectivity index (χ1n) is 11.9. The molecule has 13 heteroatoms. The zero-order chi connectivity index (χ0) is 30.0. The van der Waals surface area contributed by atoms with Crippen LogP contribution < -0.4 is 10.6 Å². The van der Waals surface area contributed by atoms with Crippen LogP contribution in [0.25, 0.3) is 11.3 Å². The fraction of sp³-hybridized carbons (Fsp3) is 0.143. The normalized spacial score (nSPS) is 11.4. The fourth-order valence-corrected chi connectivity index (χ4v) is 3.75. The van der Waals surface area contributed by atoms with Gasteiger partial charge in [-0.1, -0.05) is 72.3 Å².